The van der Waals surface area contributed by atoms with Crippen LogP contribution in [-0.2, 0) is 19.2 Å². The molecule has 1 aliphatic rings. The Kier molecular flexibility index (Phi) is 6.52. The van der Waals surface area contributed by atoms with Gasteiger partial charge in [-0.25, -0.2) is 8.78 Å². The molecule has 4 aromatic rings. The standard InChI is InChI=1S/C29H25F2O4P/c1-3-33-36(32,34-4-2)25-14-15-26-20(19-25)5-16-28-27(26)17-18-29(35-28,21-6-10-23(30)11-7-21)22-8-12-24(31)13-9-22/h5-19H,3-4H2,1-2H3. The fourth-order valence-corrected chi connectivity index (χ4v) is 6.17. The Morgan fingerprint density at radius 2 is 1.39 bits per heavy atom. The minimum atomic E-state index is -3.42. The van der Waals surface area contributed by atoms with E-state index in [4.69, 9.17) is 13.8 Å². The van der Waals surface area contributed by atoms with Crippen molar-refractivity contribution in [1.82, 2.24) is 0 Å². The molecule has 0 aliphatic carbocycles. The summed E-state index contributed by atoms with van der Waals surface area (Å²) in [4.78, 5) is 0. The molecule has 0 atom stereocenters. The van der Waals surface area contributed by atoms with Crippen molar-refractivity contribution in [1.29, 1.82) is 0 Å². The van der Waals surface area contributed by atoms with Crippen molar-refractivity contribution >= 4 is 29.7 Å². The van der Waals surface area contributed by atoms with E-state index in [0.717, 1.165) is 16.3 Å². The first-order valence-corrected chi connectivity index (χ1v) is 13.3. The van der Waals surface area contributed by atoms with Crippen LogP contribution in [0.4, 0.5) is 8.78 Å². The van der Waals surface area contributed by atoms with E-state index in [1.165, 1.54) is 24.3 Å². The van der Waals surface area contributed by atoms with Crippen molar-refractivity contribution in [2.24, 2.45) is 0 Å². The van der Waals surface area contributed by atoms with Gasteiger partial charge in [0, 0.05) is 16.7 Å². The quantitative estimate of drug-likeness (QED) is 0.246. The molecule has 0 amide bonds. The van der Waals surface area contributed by atoms with Crippen LogP contribution in [0.1, 0.15) is 30.5 Å². The van der Waals surface area contributed by atoms with E-state index in [2.05, 4.69) is 0 Å². The average Bonchev–Trinajstić information content (AvgIpc) is 2.89. The van der Waals surface area contributed by atoms with Crippen LogP contribution in [-0.4, -0.2) is 13.2 Å². The summed E-state index contributed by atoms with van der Waals surface area (Å²) in [7, 11) is -3.42. The zero-order valence-corrected chi connectivity index (χ0v) is 20.8. The van der Waals surface area contributed by atoms with Gasteiger partial charge < -0.3 is 13.8 Å². The molecule has 0 spiro atoms. The molecule has 0 radical (unpaired) electrons. The van der Waals surface area contributed by atoms with Gasteiger partial charge in [-0.3, -0.25) is 4.57 Å². The molecule has 0 N–H and O–H groups in total. The average molecular weight is 506 g/mol. The van der Waals surface area contributed by atoms with Crippen LogP contribution in [0.5, 0.6) is 5.75 Å². The van der Waals surface area contributed by atoms with Crippen molar-refractivity contribution in [2.45, 2.75) is 19.4 Å². The third-order valence-corrected chi connectivity index (χ3v) is 8.33. The highest BCUT2D eigenvalue weighted by Crippen LogP contribution is 2.48. The topological polar surface area (TPSA) is 44.8 Å². The molecule has 4 aromatic carbocycles. The number of hydrogen-bond donors (Lipinski definition) is 0. The molecule has 1 aliphatic heterocycles. The van der Waals surface area contributed by atoms with Crippen LogP contribution in [0.25, 0.3) is 16.8 Å². The summed E-state index contributed by atoms with van der Waals surface area (Å²) in [5, 5.41) is 2.25. The van der Waals surface area contributed by atoms with Crippen molar-refractivity contribution < 1.29 is 27.1 Å². The smallest absolute Gasteiger partial charge is 0.361 e. The molecule has 4 nitrogen and oxygen atoms in total. The molecule has 5 rings (SSSR count). The molecule has 1 heterocycles. The molecule has 0 unspecified atom stereocenters. The highest BCUT2D eigenvalue weighted by Gasteiger charge is 2.37. The van der Waals surface area contributed by atoms with Crippen LogP contribution >= 0.6 is 7.60 Å². The highest BCUT2D eigenvalue weighted by atomic mass is 31.2. The zero-order chi connectivity index (χ0) is 25.3. The Hall–Kier alpha value is -3.31. The summed E-state index contributed by atoms with van der Waals surface area (Å²) < 4.78 is 58.3. The van der Waals surface area contributed by atoms with Gasteiger partial charge in [0.05, 0.1) is 18.5 Å². The van der Waals surface area contributed by atoms with Crippen molar-refractivity contribution in [3.8, 4) is 5.75 Å². The summed E-state index contributed by atoms with van der Waals surface area (Å²) in [6.45, 7) is 4.09. The van der Waals surface area contributed by atoms with Crippen LogP contribution < -0.4 is 10.0 Å². The lowest BCUT2D eigenvalue weighted by atomic mass is 9.83. The predicted octanol–water partition coefficient (Wildman–Crippen LogP) is 7.36. The van der Waals surface area contributed by atoms with Crippen LogP contribution in [0.2, 0.25) is 0 Å². The summed E-state index contributed by atoms with van der Waals surface area (Å²) in [5.41, 5.74) is 1.20. The highest BCUT2D eigenvalue weighted by molar-refractivity contribution is 7.62. The Labute approximate surface area is 208 Å². The van der Waals surface area contributed by atoms with Gasteiger partial charge in [-0.15, -0.1) is 0 Å². The van der Waals surface area contributed by atoms with Gasteiger partial charge in [-0.05, 0) is 79.2 Å². The van der Waals surface area contributed by atoms with Crippen molar-refractivity contribution in [3.63, 3.8) is 0 Å². The monoisotopic (exact) mass is 506 g/mol. The number of fused-ring (bicyclic) bond motifs is 3. The lowest BCUT2D eigenvalue weighted by Gasteiger charge is -2.36. The molecular weight excluding hydrogens is 481 g/mol. The molecule has 7 heteroatoms. The Balaban J connectivity index is 1.62. The Morgan fingerprint density at radius 3 is 1.94 bits per heavy atom. The lowest BCUT2D eigenvalue weighted by molar-refractivity contribution is 0.161. The zero-order valence-electron chi connectivity index (χ0n) is 19.9. The van der Waals surface area contributed by atoms with E-state index in [1.54, 1.807) is 44.2 Å². The summed E-state index contributed by atoms with van der Waals surface area (Å²) >= 11 is 0. The molecule has 184 valence electrons. The molecule has 0 aromatic heterocycles. The minimum Gasteiger partial charge on any atom is -0.473 e. The summed E-state index contributed by atoms with van der Waals surface area (Å²) in [6.07, 6.45) is 3.85. The summed E-state index contributed by atoms with van der Waals surface area (Å²) in [5.74, 6) is -0.0954. The fraction of sp³-hybridized carbons (Fsp3) is 0.172. The maximum absolute atomic E-state index is 13.7. The van der Waals surface area contributed by atoms with E-state index in [-0.39, 0.29) is 24.8 Å². The number of rotatable bonds is 7. The van der Waals surface area contributed by atoms with E-state index in [0.29, 0.717) is 22.2 Å². The fourth-order valence-electron chi connectivity index (χ4n) is 4.56. The van der Waals surface area contributed by atoms with Gasteiger partial charge in [-0.2, -0.15) is 0 Å². The van der Waals surface area contributed by atoms with Gasteiger partial charge in [0.15, 0.2) is 5.60 Å². The second-order valence-electron chi connectivity index (χ2n) is 8.40. The van der Waals surface area contributed by atoms with Gasteiger partial charge in [0.1, 0.15) is 17.4 Å². The molecule has 0 fully saturated rings. The van der Waals surface area contributed by atoms with E-state index < -0.39 is 13.2 Å². The van der Waals surface area contributed by atoms with Crippen molar-refractivity contribution in [2.75, 3.05) is 13.2 Å². The number of hydrogen-bond acceptors (Lipinski definition) is 4. The van der Waals surface area contributed by atoms with Gasteiger partial charge >= 0.3 is 7.60 Å². The Morgan fingerprint density at radius 1 is 0.806 bits per heavy atom. The third-order valence-electron chi connectivity index (χ3n) is 6.22. The minimum absolute atomic E-state index is 0.269. The van der Waals surface area contributed by atoms with Gasteiger partial charge in [0.25, 0.3) is 0 Å². The second-order valence-corrected chi connectivity index (χ2v) is 10.4. The maximum Gasteiger partial charge on any atom is 0.361 e. The van der Waals surface area contributed by atoms with E-state index in [9.17, 15) is 13.3 Å². The van der Waals surface area contributed by atoms with Crippen LogP contribution in [0.3, 0.4) is 0 Å². The number of benzene rings is 4. The van der Waals surface area contributed by atoms with E-state index in [1.807, 2.05) is 36.4 Å². The largest absolute Gasteiger partial charge is 0.473 e. The number of halogens is 2. The van der Waals surface area contributed by atoms with Gasteiger partial charge in [0.2, 0.25) is 0 Å². The molecular formula is C29H25F2O4P. The van der Waals surface area contributed by atoms with Gasteiger partial charge in [-0.1, -0.05) is 36.4 Å². The first kappa shape index (κ1) is 24.4. The Bertz CT molecular complexity index is 1420. The predicted molar refractivity (Wildman–Crippen MR) is 138 cm³/mol. The lowest BCUT2D eigenvalue weighted by Crippen LogP contribution is -2.34. The third kappa shape index (κ3) is 4.26. The maximum atomic E-state index is 13.7. The van der Waals surface area contributed by atoms with Crippen LogP contribution in [0, 0.1) is 11.6 Å². The normalized spacial score (nSPS) is 14.4. The van der Waals surface area contributed by atoms with E-state index >= 15 is 0 Å². The van der Waals surface area contributed by atoms with Crippen molar-refractivity contribution in [3.05, 3.63) is 113 Å². The first-order chi connectivity index (χ1) is 17.4. The molecule has 0 saturated carbocycles. The number of ether oxygens (including phenoxy) is 1. The molecule has 0 bridgehead atoms. The molecule has 36 heavy (non-hydrogen) atoms. The molecule has 0 saturated heterocycles. The summed E-state index contributed by atoms with van der Waals surface area (Å²) in [6, 6.07) is 21.4. The second kappa shape index (κ2) is 9.62. The SMILES string of the molecule is CCOP(=O)(OCC)c1ccc2c3c(ccc2c1)OC(c1ccc(F)cc1)(c1ccc(F)cc1)C=C3. The van der Waals surface area contributed by atoms with Crippen LogP contribution in [0.15, 0.2) is 84.9 Å². The first-order valence-electron chi connectivity index (χ1n) is 11.8.